The molecule has 1 saturated carbocycles. The van der Waals surface area contributed by atoms with Crippen molar-refractivity contribution >= 4 is 23.4 Å². The summed E-state index contributed by atoms with van der Waals surface area (Å²) in [5.41, 5.74) is 0.293. The summed E-state index contributed by atoms with van der Waals surface area (Å²) < 4.78 is 24.5. The number of amides is 3. The minimum atomic E-state index is -1.15. The van der Waals surface area contributed by atoms with E-state index >= 15 is 0 Å². The Morgan fingerprint density at radius 2 is 1.80 bits per heavy atom. The monoisotopic (exact) mass is 481 g/mol. The molecule has 2 aromatic heterocycles. The van der Waals surface area contributed by atoms with E-state index in [1.54, 1.807) is 25.1 Å². The van der Waals surface area contributed by atoms with Gasteiger partial charge in [0.1, 0.15) is 17.3 Å². The normalized spacial score (nSPS) is 14.8. The lowest BCUT2D eigenvalue weighted by atomic mass is 9.95. The van der Waals surface area contributed by atoms with E-state index in [0.29, 0.717) is 11.4 Å². The van der Waals surface area contributed by atoms with Crippen molar-refractivity contribution in [2.45, 2.75) is 51.1 Å². The molecule has 3 aromatic rings. The van der Waals surface area contributed by atoms with E-state index in [9.17, 15) is 18.8 Å². The second-order valence-electron chi connectivity index (χ2n) is 8.59. The number of anilines is 1. The van der Waals surface area contributed by atoms with E-state index in [2.05, 4.69) is 10.6 Å². The van der Waals surface area contributed by atoms with Crippen molar-refractivity contribution in [3.8, 4) is 0 Å². The van der Waals surface area contributed by atoms with E-state index in [-0.39, 0.29) is 17.6 Å². The number of carbonyl (C=O) groups is 3. The Labute approximate surface area is 202 Å². The maximum atomic E-state index is 13.7. The SMILES string of the molecule is Cc1ccc(C(C(=O)NC2CCCCC2)N(C(=O)CNC(=O)c2ccco2)c2ccc(F)cc2)o1. The van der Waals surface area contributed by atoms with Crippen LogP contribution in [0, 0.1) is 12.7 Å². The van der Waals surface area contributed by atoms with Gasteiger partial charge in [0.15, 0.2) is 11.8 Å². The van der Waals surface area contributed by atoms with Crippen molar-refractivity contribution < 1.29 is 27.6 Å². The van der Waals surface area contributed by atoms with Gasteiger partial charge in [-0.15, -0.1) is 0 Å². The summed E-state index contributed by atoms with van der Waals surface area (Å²) in [6.45, 7) is 1.33. The van der Waals surface area contributed by atoms with Gasteiger partial charge in [-0.3, -0.25) is 19.3 Å². The summed E-state index contributed by atoms with van der Waals surface area (Å²) in [4.78, 5) is 40.6. The molecule has 2 N–H and O–H groups in total. The van der Waals surface area contributed by atoms with Crippen LogP contribution < -0.4 is 15.5 Å². The van der Waals surface area contributed by atoms with Crippen LogP contribution in [0.1, 0.15) is 60.2 Å². The number of carbonyl (C=O) groups excluding carboxylic acids is 3. The number of furan rings is 2. The summed E-state index contributed by atoms with van der Waals surface area (Å²) >= 11 is 0. The average molecular weight is 482 g/mol. The Morgan fingerprint density at radius 3 is 2.43 bits per heavy atom. The quantitative estimate of drug-likeness (QED) is 0.500. The molecule has 1 fully saturated rings. The van der Waals surface area contributed by atoms with Crippen molar-refractivity contribution in [1.82, 2.24) is 10.6 Å². The van der Waals surface area contributed by atoms with Crippen LogP contribution in [-0.2, 0) is 9.59 Å². The highest BCUT2D eigenvalue weighted by atomic mass is 19.1. The molecule has 0 aliphatic heterocycles. The first kappa shape index (κ1) is 24.3. The van der Waals surface area contributed by atoms with Crippen molar-refractivity contribution in [3.05, 3.63) is 77.9 Å². The molecule has 1 atom stereocenters. The Bertz CT molecular complexity index is 1150. The number of hydrogen-bond acceptors (Lipinski definition) is 5. The lowest BCUT2D eigenvalue weighted by Gasteiger charge is -2.32. The van der Waals surface area contributed by atoms with E-state index in [1.807, 2.05) is 0 Å². The number of aryl methyl sites for hydroxylation is 1. The summed E-state index contributed by atoms with van der Waals surface area (Å²) in [5, 5.41) is 5.58. The molecular weight excluding hydrogens is 453 g/mol. The van der Waals surface area contributed by atoms with Crippen LogP contribution in [0.2, 0.25) is 0 Å². The molecule has 184 valence electrons. The average Bonchev–Trinajstić information content (AvgIpc) is 3.54. The van der Waals surface area contributed by atoms with Crippen molar-refractivity contribution in [3.63, 3.8) is 0 Å². The van der Waals surface area contributed by atoms with Crippen molar-refractivity contribution in [1.29, 1.82) is 0 Å². The number of rotatable bonds is 8. The number of nitrogens with one attached hydrogen (secondary N) is 2. The zero-order chi connectivity index (χ0) is 24.8. The highest BCUT2D eigenvalue weighted by Gasteiger charge is 2.36. The van der Waals surface area contributed by atoms with Gasteiger partial charge in [-0.1, -0.05) is 19.3 Å². The molecule has 0 radical (unpaired) electrons. The molecule has 1 unspecified atom stereocenters. The lowest BCUT2D eigenvalue weighted by molar-refractivity contribution is -0.127. The summed E-state index contributed by atoms with van der Waals surface area (Å²) in [6, 6.07) is 10.5. The third kappa shape index (κ3) is 5.98. The van der Waals surface area contributed by atoms with Crippen LogP contribution in [0.4, 0.5) is 10.1 Å². The van der Waals surface area contributed by atoms with Gasteiger partial charge in [0.2, 0.25) is 5.91 Å². The van der Waals surface area contributed by atoms with Gasteiger partial charge in [-0.05, 0) is 68.3 Å². The first-order valence-corrected chi connectivity index (χ1v) is 11.7. The highest BCUT2D eigenvalue weighted by molar-refractivity contribution is 6.04. The van der Waals surface area contributed by atoms with Crippen LogP contribution in [0.15, 0.2) is 63.6 Å². The molecular formula is C26H28FN3O5. The second-order valence-corrected chi connectivity index (χ2v) is 8.59. The Kier molecular flexibility index (Phi) is 7.64. The minimum absolute atomic E-state index is 0.00126. The molecule has 1 aliphatic carbocycles. The van der Waals surface area contributed by atoms with Gasteiger partial charge in [0, 0.05) is 11.7 Å². The topological polar surface area (TPSA) is 105 Å². The third-order valence-corrected chi connectivity index (χ3v) is 6.01. The van der Waals surface area contributed by atoms with Gasteiger partial charge >= 0.3 is 0 Å². The summed E-state index contributed by atoms with van der Waals surface area (Å²) in [6.07, 6.45) is 6.25. The molecule has 2 heterocycles. The molecule has 4 rings (SSSR count). The number of benzene rings is 1. The Balaban J connectivity index is 1.64. The van der Waals surface area contributed by atoms with E-state index in [4.69, 9.17) is 8.83 Å². The molecule has 9 heteroatoms. The first-order chi connectivity index (χ1) is 16.9. The molecule has 35 heavy (non-hydrogen) atoms. The molecule has 3 amide bonds. The van der Waals surface area contributed by atoms with Crippen LogP contribution in [0.25, 0.3) is 0 Å². The molecule has 8 nitrogen and oxygen atoms in total. The highest BCUT2D eigenvalue weighted by Crippen LogP contribution is 2.30. The summed E-state index contributed by atoms with van der Waals surface area (Å²) in [5.74, 6) is -1.13. The number of halogens is 1. The van der Waals surface area contributed by atoms with E-state index in [0.717, 1.165) is 32.1 Å². The Morgan fingerprint density at radius 1 is 1.06 bits per heavy atom. The fraction of sp³-hybridized carbons (Fsp3) is 0.346. The molecule has 1 aliphatic rings. The molecule has 0 spiro atoms. The summed E-state index contributed by atoms with van der Waals surface area (Å²) in [7, 11) is 0. The number of nitrogens with zero attached hydrogens (tertiary/aromatic N) is 1. The predicted octanol–water partition coefficient (Wildman–Crippen LogP) is 4.27. The minimum Gasteiger partial charge on any atom is -0.464 e. The molecule has 0 saturated heterocycles. The number of hydrogen-bond donors (Lipinski definition) is 2. The molecule has 1 aromatic carbocycles. The Hall–Kier alpha value is -3.88. The zero-order valence-electron chi connectivity index (χ0n) is 19.5. The van der Waals surface area contributed by atoms with Crippen LogP contribution in [0.5, 0.6) is 0 Å². The lowest BCUT2D eigenvalue weighted by Crippen LogP contribution is -2.49. The fourth-order valence-electron chi connectivity index (χ4n) is 4.28. The van der Waals surface area contributed by atoms with E-state index in [1.165, 1.54) is 41.5 Å². The maximum Gasteiger partial charge on any atom is 0.287 e. The van der Waals surface area contributed by atoms with Gasteiger partial charge in [0.05, 0.1) is 12.8 Å². The van der Waals surface area contributed by atoms with Crippen molar-refractivity contribution in [2.75, 3.05) is 11.4 Å². The van der Waals surface area contributed by atoms with Gasteiger partial charge in [-0.2, -0.15) is 0 Å². The van der Waals surface area contributed by atoms with Crippen LogP contribution in [0.3, 0.4) is 0 Å². The molecule has 0 bridgehead atoms. The second kappa shape index (κ2) is 11.0. The standard InChI is InChI=1S/C26H28FN3O5/c1-17-9-14-21(35-17)24(26(33)29-19-6-3-2-4-7-19)30(20-12-10-18(27)11-13-20)23(31)16-28-25(32)22-8-5-15-34-22/h5,8-15,19,24H,2-4,6-7,16H2,1H3,(H,28,32)(H,29,33). The first-order valence-electron chi connectivity index (χ1n) is 11.7. The largest absolute Gasteiger partial charge is 0.464 e. The van der Waals surface area contributed by atoms with Crippen molar-refractivity contribution in [2.24, 2.45) is 0 Å². The smallest absolute Gasteiger partial charge is 0.287 e. The van der Waals surface area contributed by atoms with E-state index < -0.39 is 36.1 Å². The predicted molar refractivity (Wildman–Crippen MR) is 126 cm³/mol. The fourth-order valence-corrected chi connectivity index (χ4v) is 4.28. The third-order valence-electron chi connectivity index (χ3n) is 6.01. The van der Waals surface area contributed by atoms with Crippen LogP contribution in [-0.4, -0.2) is 30.3 Å². The van der Waals surface area contributed by atoms with Gasteiger partial charge in [0.25, 0.3) is 11.8 Å². The van der Waals surface area contributed by atoms with Gasteiger partial charge in [-0.25, -0.2) is 4.39 Å². The zero-order valence-corrected chi connectivity index (χ0v) is 19.5. The van der Waals surface area contributed by atoms with Gasteiger partial charge < -0.3 is 19.5 Å². The maximum absolute atomic E-state index is 13.7. The van der Waals surface area contributed by atoms with Crippen LogP contribution >= 0.6 is 0 Å².